The van der Waals surface area contributed by atoms with Gasteiger partial charge < -0.3 is 20.1 Å². The number of amides is 3. The maximum Gasteiger partial charge on any atom is 0.329 e. The van der Waals surface area contributed by atoms with Crippen molar-refractivity contribution < 1.29 is 23.9 Å². The number of hydrazone groups is 1. The monoisotopic (exact) mass is 452 g/mol. The molecule has 3 rings (SSSR count). The zero-order valence-corrected chi connectivity index (χ0v) is 18.7. The standard InChI is InChI=1S/C24H28N4O5/c1-32-20-13-12-16(14-21(20)33-2)15-25-28-24(31)23(30)27-19-11-7-6-10-18(19)22(29)26-17-8-4-3-5-9-17/h6-7,10-15,17H,3-5,8-9H2,1-2H3,(H,26,29)(H,27,30)(H,28,31). The number of carbonyl (C=O) groups is 3. The van der Waals surface area contributed by atoms with Crippen LogP contribution in [0, 0.1) is 0 Å². The van der Waals surface area contributed by atoms with Crippen LogP contribution >= 0.6 is 0 Å². The lowest BCUT2D eigenvalue weighted by atomic mass is 9.95. The van der Waals surface area contributed by atoms with Crippen LogP contribution in [0.4, 0.5) is 5.69 Å². The molecule has 0 bridgehead atoms. The highest BCUT2D eigenvalue weighted by Gasteiger charge is 2.20. The molecule has 3 amide bonds. The highest BCUT2D eigenvalue weighted by atomic mass is 16.5. The largest absolute Gasteiger partial charge is 0.493 e. The molecule has 0 unspecified atom stereocenters. The van der Waals surface area contributed by atoms with Gasteiger partial charge in [-0.1, -0.05) is 31.4 Å². The molecule has 2 aromatic carbocycles. The van der Waals surface area contributed by atoms with E-state index in [-0.39, 0.29) is 17.6 Å². The van der Waals surface area contributed by atoms with Gasteiger partial charge in [0.15, 0.2) is 11.5 Å². The number of ether oxygens (including phenoxy) is 2. The van der Waals surface area contributed by atoms with Gasteiger partial charge in [0, 0.05) is 6.04 Å². The highest BCUT2D eigenvalue weighted by Crippen LogP contribution is 2.26. The van der Waals surface area contributed by atoms with E-state index < -0.39 is 11.8 Å². The summed E-state index contributed by atoms with van der Waals surface area (Å²) in [4.78, 5) is 37.2. The first-order valence-corrected chi connectivity index (χ1v) is 10.8. The average molecular weight is 453 g/mol. The molecule has 0 heterocycles. The van der Waals surface area contributed by atoms with Gasteiger partial charge in [0.1, 0.15) is 0 Å². The van der Waals surface area contributed by atoms with Crippen LogP contribution < -0.4 is 25.5 Å². The van der Waals surface area contributed by atoms with E-state index in [1.165, 1.54) is 26.9 Å². The predicted molar refractivity (Wildman–Crippen MR) is 125 cm³/mol. The van der Waals surface area contributed by atoms with E-state index in [4.69, 9.17) is 9.47 Å². The molecule has 2 aromatic rings. The zero-order valence-electron chi connectivity index (χ0n) is 18.7. The van der Waals surface area contributed by atoms with Gasteiger partial charge in [0.05, 0.1) is 31.7 Å². The summed E-state index contributed by atoms with van der Waals surface area (Å²) >= 11 is 0. The Balaban J connectivity index is 1.59. The summed E-state index contributed by atoms with van der Waals surface area (Å²) in [5, 5.41) is 9.31. The van der Waals surface area contributed by atoms with Crippen molar-refractivity contribution >= 4 is 29.6 Å². The zero-order chi connectivity index (χ0) is 23.6. The first-order chi connectivity index (χ1) is 16.0. The minimum absolute atomic E-state index is 0.129. The Kier molecular flexibility index (Phi) is 8.40. The molecule has 1 aliphatic carbocycles. The predicted octanol–water partition coefficient (Wildman–Crippen LogP) is 2.86. The Labute approximate surface area is 192 Å². The molecule has 1 fully saturated rings. The molecule has 33 heavy (non-hydrogen) atoms. The van der Waals surface area contributed by atoms with Crippen molar-refractivity contribution in [1.29, 1.82) is 0 Å². The maximum atomic E-state index is 12.7. The summed E-state index contributed by atoms with van der Waals surface area (Å²) in [6.45, 7) is 0. The molecule has 1 aliphatic rings. The Morgan fingerprint density at radius 1 is 0.939 bits per heavy atom. The Bertz CT molecular complexity index is 1030. The number of nitrogens with one attached hydrogen (secondary N) is 3. The van der Waals surface area contributed by atoms with Crippen LogP contribution in [0.5, 0.6) is 11.5 Å². The van der Waals surface area contributed by atoms with Crippen LogP contribution in [-0.4, -0.2) is 44.2 Å². The van der Waals surface area contributed by atoms with Crippen molar-refractivity contribution in [3.63, 3.8) is 0 Å². The van der Waals surface area contributed by atoms with Crippen molar-refractivity contribution in [3.8, 4) is 11.5 Å². The lowest BCUT2D eigenvalue weighted by molar-refractivity contribution is -0.136. The van der Waals surface area contributed by atoms with E-state index in [9.17, 15) is 14.4 Å². The molecule has 3 N–H and O–H groups in total. The van der Waals surface area contributed by atoms with Crippen LogP contribution in [0.15, 0.2) is 47.6 Å². The summed E-state index contributed by atoms with van der Waals surface area (Å²) in [6, 6.07) is 11.8. The molecule has 0 spiro atoms. The lowest BCUT2D eigenvalue weighted by Crippen LogP contribution is -2.37. The third-order valence-corrected chi connectivity index (χ3v) is 5.35. The van der Waals surface area contributed by atoms with E-state index in [0.717, 1.165) is 25.7 Å². The van der Waals surface area contributed by atoms with Crippen LogP contribution in [0.3, 0.4) is 0 Å². The summed E-state index contributed by atoms with van der Waals surface area (Å²) in [5.41, 5.74) is 3.38. The average Bonchev–Trinajstić information content (AvgIpc) is 2.84. The van der Waals surface area contributed by atoms with E-state index in [0.29, 0.717) is 22.6 Å². The summed E-state index contributed by atoms with van der Waals surface area (Å²) in [6.07, 6.45) is 6.63. The van der Waals surface area contributed by atoms with Crippen LogP contribution in [0.25, 0.3) is 0 Å². The SMILES string of the molecule is COc1ccc(C=NNC(=O)C(=O)Nc2ccccc2C(=O)NC2CCCCC2)cc1OC. The van der Waals surface area contributed by atoms with Gasteiger partial charge in [-0.25, -0.2) is 5.43 Å². The summed E-state index contributed by atoms with van der Waals surface area (Å²) < 4.78 is 10.4. The van der Waals surface area contributed by atoms with E-state index in [1.54, 1.807) is 42.5 Å². The topological polar surface area (TPSA) is 118 Å². The normalized spacial score (nSPS) is 13.9. The number of nitrogens with zero attached hydrogens (tertiary/aromatic N) is 1. The van der Waals surface area contributed by atoms with Crippen molar-refractivity contribution in [2.75, 3.05) is 19.5 Å². The molecule has 9 heteroatoms. The fraction of sp³-hybridized carbons (Fsp3) is 0.333. The van der Waals surface area contributed by atoms with Crippen molar-refractivity contribution in [3.05, 3.63) is 53.6 Å². The maximum absolute atomic E-state index is 12.7. The van der Waals surface area contributed by atoms with Gasteiger partial charge in [0.2, 0.25) is 0 Å². The van der Waals surface area contributed by atoms with Crippen molar-refractivity contribution in [2.45, 2.75) is 38.1 Å². The minimum atomic E-state index is -0.964. The summed E-state index contributed by atoms with van der Waals surface area (Å²) in [7, 11) is 3.04. The Morgan fingerprint density at radius 3 is 2.39 bits per heavy atom. The Hall–Kier alpha value is -3.88. The molecule has 9 nitrogen and oxygen atoms in total. The molecule has 0 radical (unpaired) electrons. The second-order valence-electron chi connectivity index (χ2n) is 7.62. The van der Waals surface area contributed by atoms with Gasteiger partial charge in [-0.3, -0.25) is 14.4 Å². The molecule has 1 saturated carbocycles. The molecule has 0 atom stereocenters. The molecule has 174 valence electrons. The quantitative estimate of drug-likeness (QED) is 0.339. The van der Waals surface area contributed by atoms with Crippen LogP contribution in [0.1, 0.15) is 48.0 Å². The van der Waals surface area contributed by atoms with Gasteiger partial charge >= 0.3 is 11.8 Å². The molecule has 0 aromatic heterocycles. The molecule has 0 saturated heterocycles. The number of carbonyl (C=O) groups excluding carboxylic acids is 3. The van der Waals surface area contributed by atoms with E-state index >= 15 is 0 Å². The smallest absolute Gasteiger partial charge is 0.329 e. The number of hydrogen-bond donors (Lipinski definition) is 3. The van der Waals surface area contributed by atoms with Crippen molar-refractivity contribution in [1.82, 2.24) is 10.7 Å². The van der Waals surface area contributed by atoms with Crippen molar-refractivity contribution in [2.24, 2.45) is 5.10 Å². The number of methoxy groups -OCH3 is 2. The van der Waals surface area contributed by atoms with Crippen LogP contribution in [0.2, 0.25) is 0 Å². The Morgan fingerprint density at radius 2 is 1.67 bits per heavy atom. The van der Waals surface area contributed by atoms with Crippen LogP contribution in [-0.2, 0) is 9.59 Å². The third-order valence-electron chi connectivity index (χ3n) is 5.35. The van der Waals surface area contributed by atoms with Gasteiger partial charge in [-0.05, 0) is 48.7 Å². The minimum Gasteiger partial charge on any atom is -0.493 e. The molecule has 0 aliphatic heterocycles. The second kappa shape index (κ2) is 11.7. The second-order valence-corrected chi connectivity index (χ2v) is 7.62. The van der Waals surface area contributed by atoms with E-state index in [1.807, 2.05) is 0 Å². The number of rotatable bonds is 7. The fourth-order valence-corrected chi connectivity index (χ4v) is 3.63. The molecular weight excluding hydrogens is 424 g/mol. The number of benzene rings is 2. The first-order valence-electron chi connectivity index (χ1n) is 10.8. The van der Waals surface area contributed by atoms with Gasteiger partial charge in [0.25, 0.3) is 5.91 Å². The summed E-state index contributed by atoms with van der Waals surface area (Å²) in [5.74, 6) is -1.10. The number of anilines is 1. The van der Waals surface area contributed by atoms with Gasteiger partial charge in [-0.15, -0.1) is 0 Å². The van der Waals surface area contributed by atoms with Gasteiger partial charge in [-0.2, -0.15) is 5.10 Å². The van der Waals surface area contributed by atoms with E-state index in [2.05, 4.69) is 21.2 Å². The fourth-order valence-electron chi connectivity index (χ4n) is 3.63. The lowest BCUT2D eigenvalue weighted by Gasteiger charge is -2.23. The highest BCUT2D eigenvalue weighted by molar-refractivity contribution is 6.40. The number of para-hydroxylation sites is 1. The molecular formula is C24H28N4O5. The third kappa shape index (κ3) is 6.55. The first kappa shape index (κ1) is 23.8. The number of hydrogen-bond acceptors (Lipinski definition) is 6.